The molecule has 1 aliphatic rings. The van der Waals surface area contributed by atoms with Crippen LogP contribution in [0, 0.1) is 16.0 Å². The third-order valence-corrected chi connectivity index (χ3v) is 3.01. The lowest BCUT2D eigenvalue weighted by Crippen LogP contribution is -2.52. The van der Waals surface area contributed by atoms with Crippen LogP contribution in [-0.4, -0.2) is 34.6 Å². The van der Waals surface area contributed by atoms with Crippen molar-refractivity contribution in [3.8, 4) is 0 Å². The van der Waals surface area contributed by atoms with Crippen LogP contribution in [0.15, 0.2) is 0 Å². The predicted octanol–water partition coefficient (Wildman–Crippen LogP) is 0.450. The molecule has 7 heteroatoms. The van der Waals surface area contributed by atoms with Crippen molar-refractivity contribution in [3.05, 3.63) is 10.1 Å². The molecule has 1 saturated carbocycles. The van der Waals surface area contributed by atoms with E-state index in [1.807, 2.05) is 0 Å². The quantitative estimate of drug-likeness (QED) is 0.418. The Bertz CT molecular complexity index is 320. The summed E-state index contributed by atoms with van der Waals surface area (Å²) in [4.78, 5) is 31.8. The molecule has 1 fully saturated rings. The van der Waals surface area contributed by atoms with E-state index in [0.717, 1.165) is 0 Å². The SMILES string of the molecule is COC(=O)CCC1([N+](=O)[O-])CC(C(=O)O)C1. The van der Waals surface area contributed by atoms with Crippen molar-refractivity contribution < 1.29 is 24.4 Å². The highest BCUT2D eigenvalue weighted by atomic mass is 16.6. The third kappa shape index (κ3) is 2.29. The molecule has 0 aromatic rings. The van der Waals surface area contributed by atoms with Crippen molar-refractivity contribution in [1.29, 1.82) is 0 Å². The monoisotopic (exact) mass is 231 g/mol. The Morgan fingerprint density at radius 3 is 2.50 bits per heavy atom. The summed E-state index contributed by atoms with van der Waals surface area (Å²) in [5, 5.41) is 19.5. The van der Waals surface area contributed by atoms with Gasteiger partial charge in [-0.15, -0.1) is 0 Å². The predicted molar refractivity (Wildman–Crippen MR) is 51.3 cm³/mol. The molecule has 1 rings (SSSR count). The van der Waals surface area contributed by atoms with E-state index < -0.39 is 28.3 Å². The van der Waals surface area contributed by atoms with Gasteiger partial charge in [-0.25, -0.2) is 0 Å². The first-order valence-electron chi connectivity index (χ1n) is 4.85. The van der Waals surface area contributed by atoms with Gasteiger partial charge in [0.2, 0.25) is 5.54 Å². The molecule has 0 radical (unpaired) electrons. The first kappa shape index (κ1) is 12.4. The van der Waals surface area contributed by atoms with Crippen molar-refractivity contribution in [2.45, 2.75) is 31.2 Å². The third-order valence-electron chi connectivity index (χ3n) is 3.01. The Hall–Kier alpha value is -1.66. The number of methoxy groups -OCH3 is 1. The molecule has 0 spiro atoms. The van der Waals surface area contributed by atoms with Crippen LogP contribution in [0.2, 0.25) is 0 Å². The van der Waals surface area contributed by atoms with Gasteiger partial charge in [0.1, 0.15) is 0 Å². The number of nitrogens with zero attached hydrogens (tertiary/aromatic N) is 1. The first-order chi connectivity index (χ1) is 7.41. The zero-order valence-electron chi connectivity index (χ0n) is 8.84. The maximum atomic E-state index is 10.9. The summed E-state index contributed by atoms with van der Waals surface area (Å²) in [6, 6.07) is 0. The van der Waals surface area contributed by atoms with E-state index in [4.69, 9.17) is 5.11 Å². The molecular formula is C9H13NO6. The number of carbonyl (C=O) groups excluding carboxylic acids is 1. The van der Waals surface area contributed by atoms with E-state index in [9.17, 15) is 19.7 Å². The largest absolute Gasteiger partial charge is 0.481 e. The average Bonchev–Trinajstić information content (AvgIpc) is 2.14. The van der Waals surface area contributed by atoms with Crippen LogP contribution >= 0.6 is 0 Å². The summed E-state index contributed by atoms with van der Waals surface area (Å²) in [6.45, 7) is 0. The molecule has 1 N–H and O–H groups in total. The van der Waals surface area contributed by atoms with Crippen LogP contribution in [0.1, 0.15) is 25.7 Å². The lowest BCUT2D eigenvalue weighted by Gasteiger charge is -2.37. The van der Waals surface area contributed by atoms with E-state index >= 15 is 0 Å². The zero-order valence-corrected chi connectivity index (χ0v) is 8.84. The van der Waals surface area contributed by atoms with Gasteiger partial charge in [0.25, 0.3) is 0 Å². The summed E-state index contributed by atoms with van der Waals surface area (Å²) in [6.07, 6.45) is -0.0288. The minimum atomic E-state index is -1.25. The standard InChI is InChI=1S/C9H13NO6/c1-16-7(11)2-3-9(10(14)15)4-6(5-9)8(12)13/h6H,2-5H2,1H3,(H,12,13). The minimum Gasteiger partial charge on any atom is -0.481 e. The van der Waals surface area contributed by atoms with E-state index in [0.29, 0.717) is 0 Å². The highest BCUT2D eigenvalue weighted by Crippen LogP contribution is 2.43. The molecule has 0 saturated heterocycles. The molecule has 0 bridgehead atoms. The molecule has 0 unspecified atom stereocenters. The zero-order chi connectivity index (χ0) is 12.3. The number of ether oxygens (including phenoxy) is 1. The Balaban J connectivity index is 2.54. The van der Waals surface area contributed by atoms with Crippen LogP contribution in [0.3, 0.4) is 0 Å². The fraction of sp³-hybridized carbons (Fsp3) is 0.778. The van der Waals surface area contributed by atoms with Gasteiger partial charge in [-0.1, -0.05) is 0 Å². The second-order valence-electron chi connectivity index (χ2n) is 4.00. The molecule has 7 nitrogen and oxygen atoms in total. The Kier molecular flexibility index (Phi) is 3.46. The second kappa shape index (κ2) is 4.46. The number of carboxylic acid groups (broad SMARTS) is 1. The number of carbonyl (C=O) groups is 2. The van der Waals surface area contributed by atoms with Gasteiger partial charge in [-0.2, -0.15) is 0 Å². The number of rotatable bonds is 5. The van der Waals surface area contributed by atoms with E-state index in [-0.39, 0.29) is 25.7 Å². The summed E-state index contributed by atoms with van der Waals surface area (Å²) in [5.74, 6) is -2.20. The van der Waals surface area contributed by atoms with Gasteiger partial charge in [0, 0.05) is 24.2 Å². The van der Waals surface area contributed by atoms with Crippen molar-refractivity contribution in [1.82, 2.24) is 0 Å². The first-order valence-corrected chi connectivity index (χ1v) is 4.85. The second-order valence-corrected chi connectivity index (χ2v) is 4.00. The van der Waals surface area contributed by atoms with Gasteiger partial charge in [0.05, 0.1) is 19.4 Å². The molecule has 0 amide bonds. The van der Waals surface area contributed by atoms with Gasteiger partial charge < -0.3 is 9.84 Å². The van der Waals surface area contributed by atoms with Crippen LogP contribution in [0.4, 0.5) is 0 Å². The lowest BCUT2D eigenvalue weighted by atomic mass is 9.66. The fourth-order valence-electron chi connectivity index (χ4n) is 1.91. The van der Waals surface area contributed by atoms with Gasteiger partial charge >= 0.3 is 11.9 Å². The number of hydrogen-bond donors (Lipinski definition) is 1. The van der Waals surface area contributed by atoms with E-state index in [2.05, 4.69) is 4.74 Å². The average molecular weight is 231 g/mol. The molecule has 90 valence electrons. The minimum absolute atomic E-state index is 0.00761. The van der Waals surface area contributed by atoms with Crippen LogP contribution < -0.4 is 0 Å². The maximum Gasteiger partial charge on any atom is 0.307 e. The van der Waals surface area contributed by atoms with E-state index in [1.54, 1.807) is 0 Å². The normalized spacial score (nSPS) is 27.9. The van der Waals surface area contributed by atoms with Crippen LogP contribution in [0.5, 0.6) is 0 Å². The summed E-state index contributed by atoms with van der Waals surface area (Å²) < 4.78 is 4.39. The smallest absolute Gasteiger partial charge is 0.307 e. The summed E-state index contributed by atoms with van der Waals surface area (Å²) in [7, 11) is 1.21. The molecule has 0 aliphatic heterocycles. The van der Waals surface area contributed by atoms with Crippen LogP contribution in [-0.2, 0) is 14.3 Å². The topological polar surface area (TPSA) is 107 Å². The fourth-order valence-corrected chi connectivity index (χ4v) is 1.91. The summed E-state index contributed by atoms with van der Waals surface area (Å²) in [5.41, 5.74) is -1.25. The molecule has 0 aromatic carbocycles. The van der Waals surface area contributed by atoms with Crippen molar-refractivity contribution in [2.24, 2.45) is 5.92 Å². The summed E-state index contributed by atoms with van der Waals surface area (Å²) >= 11 is 0. The number of aliphatic carboxylic acids is 1. The molecule has 16 heavy (non-hydrogen) atoms. The van der Waals surface area contributed by atoms with Crippen molar-refractivity contribution >= 4 is 11.9 Å². The highest BCUT2D eigenvalue weighted by Gasteiger charge is 2.57. The number of carboxylic acids is 1. The van der Waals surface area contributed by atoms with Gasteiger partial charge in [-0.3, -0.25) is 19.7 Å². The van der Waals surface area contributed by atoms with Gasteiger partial charge in [-0.05, 0) is 0 Å². The lowest BCUT2D eigenvalue weighted by molar-refractivity contribution is -0.590. The number of hydrogen-bond acceptors (Lipinski definition) is 5. The number of nitro groups is 1. The van der Waals surface area contributed by atoms with E-state index in [1.165, 1.54) is 7.11 Å². The Morgan fingerprint density at radius 1 is 1.56 bits per heavy atom. The Labute approximate surface area is 91.5 Å². The molecule has 0 heterocycles. The molecule has 1 aliphatic carbocycles. The number of esters is 1. The van der Waals surface area contributed by atoms with Crippen molar-refractivity contribution in [2.75, 3.05) is 7.11 Å². The Morgan fingerprint density at radius 2 is 2.12 bits per heavy atom. The molecule has 0 atom stereocenters. The molecular weight excluding hydrogens is 218 g/mol. The maximum absolute atomic E-state index is 10.9. The van der Waals surface area contributed by atoms with Gasteiger partial charge in [0.15, 0.2) is 0 Å². The molecule has 0 aromatic heterocycles. The van der Waals surface area contributed by atoms with Crippen molar-refractivity contribution in [3.63, 3.8) is 0 Å². The highest BCUT2D eigenvalue weighted by molar-refractivity contribution is 5.72. The van der Waals surface area contributed by atoms with Crippen LogP contribution in [0.25, 0.3) is 0 Å².